The summed E-state index contributed by atoms with van der Waals surface area (Å²) in [6.07, 6.45) is 2.21. The smallest absolute Gasteiger partial charge is 0.178 e. The van der Waals surface area contributed by atoms with Crippen molar-refractivity contribution in [2.45, 2.75) is 24.3 Å². The second-order valence-corrected chi connectivity index (χ2v) is 7.96. The molecule has 1 aromatic carbocycles. The van der Waals surface area contributed by atoms with E-state index in [-0.39, 0.29) is 6.04 Å². The van der Waals surface area contributed by atoms with E-state index in [9.17, 15) is 8.42 Å². The maximum Gasteiger partial charge on any atom is 0.178 e. The van der Waals surface area contributed by atoms with Crippen LogP contribution in [0.3, 0.4) is 0 Å². The van der Waals surface area contributed by atoms with Crippen LogP contribution in [0.4, 0.5) is 0 Å². The first-order chi connectivity index (χ1) is 9.89. The lowest BCUT2D eigenvalue weighted by molar-refractivity contribution is 0.175. The summed E-state index contributed by atoms with van der Waals surface area (Å²) in [5.74, 6) is 0.401. The van der Waals surface area contributed by atoms with Crippen LogP contribution >= 0.6 is 12.2 Å². The summed E-state index contributed by atoms with van der Waals surface area (Å²) < 4.78 is 31.8. The van der Waals surface area contributed by atoms with Crippen LogP contribution in [0.15, 0.2) is 23.1 Å². The van der Waals surface area contributed by atoms with Gasteiger partial charge in [-0.05, 0) is 37.7 Å². The molecule has 5 nitrogen and oxygen atoms in total. The van der Waals surface area contributed by atoms with Gasteiger partial charge in [0.1, 0.15) is 0 Å². The van der Waals surface area contributed by atoms with Gasteiger partial charge in [0.2, 0.25) is 0 Å². The van der Waals surface area contributed by atoms with Crippen molar-refractivity contribution in [2.24, 2.45) is 5.92 Å². The Morgan fingerprint density at radius 1 is 1.48 bits per heavy atom. The molecule has 3 rings (SSSR count). The van der Waals surface area contributed by atoms with E-state index in [1.807, 2.05) is 10.6 Å². The first kappa shape index (κ1) is 14.7. The quantitative estimate of drug-likeness (QED) is 0.881. The molecule has 0 aliphatic carbocycles. The Hall–Kier alpha value is -1.18. The number of aromatic nitrogens is 2. The molecule has 0 saturated carbocycles. The highest BCUT2D eigenvalue weighted by Crippen LogP contribution is 2.31. The molecule has 1 fully saturated rings. The molecule has 0 spiro atoms. The van der Waals surface area contributed by atoms with Gasteiger partial charge in [0.25, 0.3) is 0 Å². The molecule has 2 heterocycles. The average Bonchev–Trinajstić information content (AvgIpc) is 3.02. The van der Waals surface area contributed by atoms with E-state index in [4.69, 9.17) is 17.0 Å². The van der Waals surface area contributed by atoms with Crippen molar-refractivity contribution in [1.82, 2.24) is 9.55 Å². The highest BCUT2D eigenvalue weighted by Gasteiger charge is 2.26. The van der Waals surface area contributed by atoms with Crippen molar-refractivity contribution >= 4 is 33.1 Å². The zero-order valence-corrected chi connectivity index (χ0v) is 13.6. The predicted octanol–water partition coefficient (Wildman–Crippen LogP) is 2.70. The summed E-state index contributed by atoms with van der Waals surface area (Å²) in [5, 5.41) is 0. The van der Waals surface area contributed by atoms with Crippen LogP contribution < -0.4 is 0 Å². The lowest BCUT2D eigenvalue weighted by Gasteiger charge is -2.20. The van der Waals surface area contributed by atoms with Gasteiger partial charge in [-0.3, -0.25) is 0 Å². The van der Waals surface area contributed by atoms with E-state index < -0.39 is 9.84 Å². The number of benzene rings is 1. The number of fused-ring (bicyclic) bond motifs is 1. The van der Waals surface area contributed by atoms with Gasteiger partial charge in [-0.25, -0.2) is 8.42 Å². The van der Waals surface area contributed by atoms with Gasteiger partial charge < -0.3 is 14.3 Å². The molecular formula is C14H18N2O3S2. The van der Waals surface area contributed by atoms with Crippen LogP contribution in [0.2, 0.25) is 0 Å². The standard InChI is InChI=1S/C14H18N2O3S2/c1-9(10-6-7-19-8-10)16-11-4-3-5-12(21(2,17)18)13(11)15-14(16)20/h3-5,9-10H,6-8H2,1-2H3,(H,15,20). The molecule has 2 aromatic rings. The molecule has 1 aliphatic heterocycles. The van der Waals surface area contributed by atoms with Gasteiger partial charge >= 0.3 is 0 Å². The molecule has 0 bridgehead atoms. The number of hydrogen-bond acceptors (Lipinski definition) is 4. The van der Waals surface area contributed by atoms with Gasteiger partial charge in [0.15, 0.2) is 14.6 Å². The van der Waals surface area contributed by atoms with E-state index in [1.54, 1.807) is 12.1 Å². The molecule has 7 heteroatoms. The van der Waals surface area contributed by atoms with Crippen molar-refractivity contribution < 1.29 is 13.2 Å². The molecule has 21 heavy (non-hydrogen) atoms. The van der Waals surface area contributed by atoms with Gasteiger partial charge in [-0.2, -0.15) is 0 Å². The van der Waals surface area contributed by atoms with E-state index >= 15 is 0 Å². The van der Waals surface area contributed by atoms with E-state index in [0.717, 1.165) is 25.2 Å². The third kappa shape index (κ3) is 2.54. The SMILES string of the molecule is CC(C1CCOC1)n1c(=S)[nH]c2c(S(C)(=O)=O)cccc21. The molecule has 1 N–H and O–H groups in total. The normalized spacial score (nSPS) is 21.0. The maximum atomic E-state index is 11.9. The molecule has 1 saturated heterocycles. The molecule has 0 amide bonds. The summed E-state index contributed by atoms with van der Waals surface area (Å²) in [6, 6.07) is 5.44. The van der Waals surface area contributed by atoms with E-state index in [1.165, 1.54) is 6.26 Å². The number of H-pyrrole nitrogens is 1. The summed E-state index contributed by atoms with van der Waals surface area (Å²) in [5.41, 5.74) is 1.43. The minimum Gasteiger partial charge on any atom is -0.381 e. The van der Waals surface area contributed by atoms with Crippen molar-refractivity contribution in [1.29, 1.82) is 0 Å². The molecule has 2 atom stereocenters. The van der Waals surface area contributed by atoms with Crippen molar-refractivity contribution in [3.05, 3.63) is 23.0 Å². The number of para-hydroxylation sites is 1. The number of nitrogens with one attached hydrogen (secondary N) is 1. The van der Waals surface area contributed by atoms with Crippen molar-refractivity contribution in [3.63, 3.8) is 0 Å². The molecule has 1 aromatic heterocycles. The Labute approximate surface area is 128 Å². The third-order valence-corrected chi connectivity index (χ3v) is 5.61. The first-order valence-corrected chi connectivity index (χ1v) is 9.20. The fraction of sp³-hybridized carbons (Fsp3) is 0.500. The Morgan fingerprint density at radius 3 is 2.86 bits per heavy atom. The lowest BCUT2D eigenvalue weighted by Crippen LogP contribution is -2.16. The van der Waals surface area contributed by atoms with Gasteiger partial charge in [0, 0.05) is 24.8 Å². The van der Waals surface area contributed by atoms with Crippen LogP contribution in [0.5, 0.6) is 0 Å². The van der Waals surface area contributed by atoms with Gasteiger partial charge in [-0.15, -0.1) is 0 Å². The monoisotopic (exact) mass is 326 g/mol. The molecule has 2 unspecified atom stereocenters. The molecule has 114 valence electrons. The van der Waals surface area contributed by atoms with E-state index in [2.05, 4.69) is 11.9 Å². The van der Waals surface area contributed by atoms with Crippen molar-refractivity contribution in [2.75, 3.05) is 19.5 Å². The number of aromatic amines is 1. The minimum absolute atomic E-state index is 0.170. The highest BCUT2D eigenvalue weighted by molar-refractivity contribution is 7.91. The van der Waals surface area contributed by atoms with Crippen LogP contribution in [-0.2, 0) is 14.6 Å². The van der Waals surface area contributed by atoms with Crippen LogP contribution in [0.1, 0.15) is 19.4 Å². The number of sulfone groups is 1. The Morgan fingerprint density at radius 2 is 2.24 bits per heavy atom. The fourth-order valence-electron chi connectivity index (χ4n) is 2.98. The summed E-state index contributed by atoms with van der Waals surface area (Å²) in [4.78, 5) is 3.36. The zero-order chi connectivity index (χ0) is 15.2. The summed E-state index contributed by atoms with van der Waals surface area (Å²) in [7, 11) is -3.29. The zero-order valence-electron chi connectivity index (χ0n) is 12.0. The first-order valence-electron chi connectivity index (χ1n) is 6.90. The maximum absolute atomic E-state index is 11.9. The van der Waals surface area contributed by atoms with Crippen LogP contribution in [0, 0.1) is 10.7 Å². The predicted molar refractivity (Wildman–Crippen MR) is 83.9 cm³/mol. The number of ether oxygens (including phenoxy) is 1. The molecule has 0 radical (unpaired) electrons. The Balaban J connectivity index is 2.21. The second-order valence-electron chi connectivity index (χ2n) is 5.59. The molecular weight excluding hydrogens is 308 g/mol. The second kappa shape index (κ2) is 5.23. The minimum atomic E-state index is -3.29. The van der Waals surface area contributed by atoms with Crippen LogP contribution in [0.25, 0.3) is 11.0 Å². The topological polar surface area (TPSA) is 64.1 Å². The highest BCUT2D eigenvalue weighted by atomic mass is 32.2. The summed E-state index contributed by atoms with van der Waals surface area (Å²) >= 11 is 5.42. The average molecular weight is 326 g/mol. The lowest BCUT2D eigenvalue weighted by atomic mass is 10.0. The number of imidazole rings is 1. The Bertz CT molecular complexity index is 830. The summed E-state index contributed by atoms with van der Waals surface area (Å²) in [6.45, 7) is 3.61. The van der Waals surface area contributed by atoms with Gasteiger partial charge in [-0.1, -0.05) is 6.07 Å². The van der Waals surface area contributed by atoms with Gasteiger partial charge in [0.05, 0.1) is 22.5 Å². The fourth-order valence-corrected chi connectivity index (χ4v) is 4.20. The van der Waals surface area contributed by atoms with Crippen LogP contribution in [-0.4, -0.2) is 37.4 Å². The number of nitrogens with zero attached hydrogens (tertiary/aromatic N) is 1. The number of hydrogen-bond donors (Lipinski definition) is 1. The Kier molecular flexibility index (Phi) is 3.67. The third-order valence-electron chi connectivity index (χ3n) is 4.17. The van der Waals surface area contributed by atoms with Crippen molar-refractivity contribution in [3.8, 4) is 0 Å². The molecule has 1 aliphatic rings. The number of rotatable bonds is 3. The van der Waals surface area contributed by atoms with E-state index in [0.29, 0.717) is 21.1 Å². The largest absolute Gasteiger partial charge is 0.381 e.